The zero-order chi connectivity index (χ0) is 16.3. The van der Waals surface area contributed by atoms with Crippen LogP contribution in [0.4, 0.5) is 0 Å². The van der Waals surface area contributed by atoms with Gasteiger partial charge in [0.2, 0.25) is 5.91 Å². The maximum Gasteiger partial charge on any atom is 0.278 e. The highest BCUT2D eigenvalue weighted by atomic mass is 16.2. The van der Waals surface area contributed by atoms with Gasteiger partial charge in [-0.15, -0.1) is 5.10 Å². The van der Waals surface area contributed by atoms with Gasteiger partial charge in [0.15, 0.2) is 0 Å². The Hall–Kier alpha value is -2.83. The number of hydrogen-bond donors (Lipinski definition) is 1. The summed E-state index contributed by atoms with van der Waals surface area (Å²) < 4.78 is 1.00. The molecule has 114 valence electrons. The lowest BCUT2D eigenvalue weighted by Gasteiger charge is -2.21. The van der Waals surface area contributed by atoms with Crippen LogP contribution in [-0.4, -0.2) is 26.8 Å². The molecule has 2 heterocycles. The lowest BCUT2D eigenvalue weighted by molar-refractivity contribution is -0.136. The van der Waals surface area contributed by atoms with Crippen molar-refractivity contribution >= 4 is 23.5 Å². The lowest BCUT2D eigenvalue weighted by atomic mass is 10.1. The maximum atomic E-state index is 12.5. The number of carbonyl (C=O) groups is 2. The van der Waals surface area contributed by atoms with E-state index in [2.05, 4.69) is 28.8 Å². The summed E-state index contributed by atoms with van der Waals surface area (Å²) in [6.07, 6.45) is 5.04. The number of nitrogens with one attached hydrogen (secondary N) is 1. The first-order valence-electron chi connectivity index (χ1n) is 6.75. The minimum atomic E-state index is -0.839. The van der Waals surface area contributed by atoms with Gasteiger partial charge in [-0.05, 0) is 18.9 Å². The van der Waals surface area contributed by atoms with Gasteiger partial charge in [-0.3, -0.25) is 19.7 Å². The molecule has 7 heteroatoms. The summed E-state index contributed by atoms with van der Waals surface area (Å²) in [6, 6.07) is -0.839. The minimum absolute atomic E-state index is 0.158. The van der Waals surface area contributed by atoms with Gasteiger partial charge in [0.05, 0.1) is 5.56 Å². The number of piperidine rings is 1. The molecule has 22 heavy (non-hydrogen) atoms. The van der Waals surface area contributed by atoms with Crippen LogP contribution in [0.2, 0.25) is 0 Å². The molecular weight excluding hydrogens is 284 g/mol. The molecule has 1 saturated heterocycles. The first kappa shape index (κ1) is 15.6. The molecule has 0 bridgehead atoms. The van der Waals surface area contributed by atoms with Crippen LogP contribution < -0.4 is 10.9 Å². The van der Waals surface area contributed by atoms with Crippen molar-refractivity contribution in [3.05, 3.63) is 46.9 Å². The van der Waals surface area contributed by atoms with E-state index in [1.54, 1.807) is 19.1 Å². The molecule has 1 fully saturated rings. The number of nitrogens with zero attached hydrogens (tertiary/aromatic N) is 3. The lowest BCUT2D eigenvalue weighted by Crippen LogP contribution is -2.46. The Labute approximate surface area is 127 Å². The molecule has 0 aromatic carbocycles. The molecule has 1 aliphatic heterocycles. The van der Waals surface area contributed by atoms with Gasteiger partial charge >= 0.3 is 0 Å². The van der Waals surface area contributed by atoms with Crippen molar-refractivity contribution in [2.24, 2.45) is 0 Å². The van der Waals surface area contributed by atoms with Crippen molar-refractivity contribution in [3.8, 4) is 0 Å². The molecule has 1 aromatic heterocycles. The molecule has 2 rings (SSSR count). The normalized spacial score (nSPS) is 18.8. The second-order valence-electron chi connectivity index (χ2n) is 4.86. The molecule has 1 N–H and O–H groups in total. The molecule has 0 spiro atoms. The van der Waals surface area contributed by atoms with Crippen molar-refractivity contribution in [3.63, 3.8) is 0 Å². The number of carbonyl (C=O) groups excluding carboxylic acids is 2. The Bertz CT molecular complexity index is 746. The summed E-state index contributed by atoms with van der Waals surface area (Å²) in [5.74, 6) is -0.902. The Kier molecular flexibility index (Phi) is 4.45. The number of hydrogen-bond acceptors (Lipinski definition) is 5. The highest BCUT2D eigenvalue weighted by Gasteiger charge is 2.30. The van der Waals surface area contributed by atoms with E-state index in [0.717, 1.165) is 4.68 Å². The predicted octanol–water partition coefficient (Wildman–Crippen LogP) is 0.848. The van der Waals surface area contributed by atoms with Gasteiger partial charge in [-0.2, -0.15) is 4.68 Å². The van der Waals surface area contributed by atoms with Crippen LogP contribution in [-0.2, 0) is 9.59 Å². The molecule has 1 aromatic rings. The SMILES string of the molecule is C=C/C=C(/C)c1nnn(C2CCC(=O)NC2=O)c(=O)c1C=C. The number of amides is 2. The maximum absolute atomic E-state index is 12.5. The van der Waals surface area contributed by atoms with E-state index in [4.69, 9.17) is 0 Å². The zero-order valence-electron chi connectivity index (χ0n) is 12.2. The first-order valence-corrected chi connectivity index (χ1v) is 6.75. The summed E-state index contributed by atoms with van der Waals surface area (Å²) in [5, 5.41) is 10.1. The van der Waals surface area contributed by atoms with Crippen LogP contribution in [0.1, 0.15) is 37.1 Å². The Balaban J connectivity index is 2.52. The fraction of sp³-hybridized carbons (Fsp3) is 0.267. The molecule has 0 radical (unpaired) electrons. The highest BCUT2D eigenvalue weighted by molar-refractivity contribution is 5.99. The average Bonchev–Trinajstić information content (AvgIpc) is 2.48. The van der Waals surface area contributed by atoms with Crippen molar-refractivity contribution < 1.29 is 9.59 Å². The van der Waals surface area contributed by atoms with E-state index in [0.29, 0.717) is 11.3 Å². The second kappa shape index (κ2) is 6.30. The fourth-order valence-corrected chi connectivity index (χ4v) is 2.26. The van der Waals surface area contributed by atoms with E-state index >= 15 is 0 Å². The summed E-state index contributed by atoms with van der Waals surface area (Å²) in [4.78, 5) is 35.6. The highest BCUT2D eigenvalue weighted by Crippen LogP contribution is 2.18. The molecule has 0 aliphatic carbocycles. The van der Waals surface area contributed by atoms with E-state index in [-0.39, 0.29) is 24.3 Å². The Morgan fingerprint density at radius 3 is 2.68 bits per heavy atom. The molecule has 1 aliphatic rings. The molecule has 7 nitrogen and oxygen atoms in total. The average molecular weight is 300 g/mol. The standard InChI is InChI=1S/C15H16N4O3/c1-4-6-9(3)13-10(5-2)15(22)19(18-17-13)11-7-8-12(20)16-14(11)21/h4-6,11H,1-2,7-8H2,3H3,(H,16,20,21)/b9-6-. The summed E-state index contributed by atoms with van der Waals surface area (Å²) in [6.45, 7) is 8.99. The second-order valence-corrected chi connectivity index (χ2v) is 4.86. The van der Waals surface area contributed by atoms with Crippen LogP contribution >= 0.6 is 0 Å². The first-order chi connectivity index (χ1) is 10.5. The predicted molar refractivity (Wildman–Crippen MR) is 81.7 cm³/mol. The van der Waals surface area contributed by atoms with E-state index in [1.807, 2.05) is 0 Å². The van der Waals surface area contributed by atoms with Crippen molar-refractivity contribution in [2.75, 3.05) is 0 Å². The number of rotatable bonds is 4. The van der Waals surface area contributed by atoms with Crippen LogP contribution in [0.15, 0.2) is 30.1 Å². The molecule has 0 saturated carbocycles. The van der Waals surface area contributed by atoms with Gasteiger partial charge < -0.3 is 0 Å². The van der Waals surface area contributed by atoms with E-state index in [1.165, 1.54) is 6.08 Å². The van der Waals surface area contributed by atoms with Crippen molar-refractivity contribution in [1.29, 1.82) is 0 Å². The largest absolute Gasteiger partial charge is 0.295 e. The van der Waals surface area contributed by atoms with Gasteiger partial charge in [0, 0.05) is 6.42 Å². The van der Waals surface area contributed by atoms with Crippen LogP contribution in [0.25, 0.3) is 11.6 Å². The van der Waals surface area contributed by atoms with Gasteiger partial charge in [-0.25, -0.2) is 0 Å². The Morgan fingerprint density at radius 2 is 2.09 bits per heavy atom. The van der Waals surface area contributed by atoms with Gasteiger partial charge in [-0.1, -0.05) is 36.6 Å². The molecule has 1 unspecified atom stereocenters. The number of imide groups is 1. The summed E-state index contributed by atoms with van der Waals surface area (Å²) in [7, 11) is 0. The molecule has 2 amide bonds. The van der Waals surface area contributed by atoms with Crippen molar-refractivity contribution in [1.82, 2.24) is 20.3 Å². The van der Waals surface area contributed by atoms with Crippen molar-refractivity contribution in [2.45, 2.75) is 25.8 Å². The van der Waals surface area contributed by atoms with Crippen LogP contribution in [0, 0.1) is 0 Å². The van der Waals surface area contributed by atoms with E-state index < -0.39 is 17.5 Å². The number of allylic oxidation sites excluding steroid dienone is 3. The monoisotopic (exact) mass is 300 g/mol. The third kappa shape index (κ3) is 2.78. The topological polar surface area (TPSA) is 93.9 Å². The fourth-order valence-electron chi connectivity index (χ4n) is 2.26. The minimum Gasteiger partial charge on any atom is -0.295 e. The molecule has 1 atom stereocenters. The van der Waals surface area contributed by atoms with Gasteiger partial charge in [0.1, 0.15) is 11.7 Å². The molecular formula is C15H16N4O3. The van der Waals surface area contributed by atoms with Gasteiger partial charge in [0.25, 0.3) is 11.5 Å². The quantitative estimate of drug-likeness (QED) is 0.657. The zero-order valence-corrected chi connectivity index (χ0v) is 12.2. The summed E-state index contributed by atoms with van der Waals surface area (Å²) in [5.41, 5.74) is 0.898. The van der Waals surface area contributed by atoms with Crippen LogP contribution in [0.3, 0.4) is 0 Å². The van der Waals surface area contributed by atoms with E-state index in [9.17, 15) is 14.4 Å². The number of aromatic nitrogens is 3. The third-order valence-corrected chi connectivity index (χ3v) is 3.39. The third-order valence-electron chi connectivity index (χ3n) is 3.39. The smallest absolute Gasteiger partial charge is 0.278 e. The Morgan fingerprint density at radius 1 is 1.36 bits per heavy atom. The summed E-state index contributed by atoms with van der Waals surface area (Å²) >= 11 is 0. The van der Waals surface area contributed by atoms with Crippen LogP contribution in [0.5, 0.6) is 0 Å².